The average Bonchev–Trinajstić information content (AvgIpc) is 2.73. The molecular weight excluding hydrogens is 399 g/mol. The van der Waals surface area contributed by atoms with Crippen LogP contribution in [0, 0.1) is 0 Å². The number of alkyl halides is 2. The van der Waals surface area contributed by atoms with E-state index in [9.17, 15) is 28.4 Å². The smallest absolute Gasteiger partial charge is 0.435 e. The molecule has 158 valence electrons. The quantitative estimate of drug-likeness (QED) is 0.461. The molecule has 1 aliphatic rings. The average molecular weight is 419 g/mol. The number of halogens is 2. The van der Waals surface area contributed by atoms with Crippen LogP contribution in [0.2, 0.25) is 0 Å². The molecule has 2 aromatic carbocycles. The van der Waals surface area contributed by atoms with Gasteiger partial charge in [-0.05, 0) is 48.1 Å². The molecule has 0 aliphatic carbocycles. The summed E-state index contributed by atoms with van der Waals surface area (Å²) in [7, 11) is -1.85. The molecule has 0 aromatic heterocycles. The number of nitrogens with one attached hydrogen (secondary N) is 1. The molecule has 7 nitrogen and oxygen atoms in total. The van der Waals surface area contributed by atoms with Crippen molar-refractivity contribution in [1.29, 1.82) is 0 Å². The molecule has 0 unspecified atom stereocenters. The lowest BCUT2D eigenvalue weighted by atomic mass is 9.76. The van der Waals surface area contributed by atoms with E-state index in [0.29, 0.717) is 37.9 Å². The van der Waals surface area contributed by atoms with Crippen molar-refractivity contribution in [1.82, 2.24) is 5.32 Å². The van der Waals surface area contributed by atoms with E-state index in [2.05, 4.69) is 10.1 Å². The maximum Gasteiger partial charge on any atom is 0.489 e. The van der Waals surface area contributed by atoms with Crippen LogP contribution in [-0.4, -0.2) is 49.2 Å². The molecule has 0 spiro atoms. The van der Waals surface area contributed by atoms with Crippen LogP contribution in [0.5, 0.6) is 5.75 Å². The van der Waals surface area contributed by atoms with Gasteiger partial charge in [0.1, 0.15) is 12.0 Å². The molecule has 0 radical (unpaired) electrons. The SMILES string of the molecule is O=Cc1cc(C(=O)NC2(c3cccc(OC(F)F)c3)CCOCC2)ccc1B(O)O. The van der Waals surface area contributed by atoms with Gasteiger partial charge >= 0.3 is 13.7 Å². The summed E-state index contributed by atoms with van der Waals surface area (Å²) in [5.74, 6) is -0.522. The lowest BCUT2D eigenvalue weighted by molar-refractivity contribution is -0.0500. The standard InChI is InChI=1S/C20H20BF2NO6/c22-19(23)30-16-3-1-2-15(11-16)20(6-8-29-9-7-20)24-18(26)13-4-5-17(21(27)28)14(10-13)12-25/h1-5,10-12,19,27-28H,6-9H2,(H,24,26). The Balaban J connectivity index is 1.92. The molecule has 10 heteroatoms. The van der Waals surface area contributed by atoms with Gasteiger partial charge < -0.3 is 24.8 Å². The lowest BCUT2D eigenvalue weighted by Crippen LogP contribution is -2.49. The van der Waals surface area contributed by atoms with Crippen LogP contribution in [-0.2, 0) is 10.3 Å². The molecule has 1 amide bonds. The predicted molar refractivity (Wildman–Crippen MR) is 104 cm³/mol. The van der Waals surface area contributed by atoms with Crippen molar-refractivity contribution in [2.24, 2.45) is 0 Å². The van der Waals surface area contributed by atoms with Gasteiger partial charge in [-0.25, -0.2) is 0 Å². The number of benzene rings is 2. The van der Waals surface area contributed by atoms with E-state index in [-0.39, 0.29) is 22.3 Å². The number of ether oxygens (including phenoxy) is 2. The van der Waals surface area contributed by atoms with Crippen LogP contribution in [0.15, 0.2) is 42.5 Å². The Labute approximate surface area is 171 Å². The molecule has 1 saturated heterocycles. The Bertz CT molecular complexity index is 918. The molecule has 0 bridgehead atoms. The highest BCUT2D eigenvalue weighted by Gasteiger charge is 2.36. The fraction of sp³-hybridized carbons (Fsp3) is 0.300. The molecule has 1 aliphatic heterocycles. The van der Waals surface area contributed by atoms with Crippen LogP contribution in [0.1, 0.15) is 39.1 Å². The first-order valence-electron chi connectivity index (χ1n) is 9.25. The second-order valence-electron chi connectivity index (χ2n) is 6.89. The maximum absolute atomic E-state index is 13.0. The highest BCUT2D eigenvalue weighted by atomic mass is 19.3. The minimum atomic E-state index is -2.97. The molecule has 0 atom stereocenters. The third-order valence-corrected chi connectivity index (χ3v) is 5.07. The summed E-state index contributed by atoms with van der Waals surface area (Å²) >= 11 is 0. The van der Waals surface area contributed by atoms with Crippen molar-refractivity contribution in [3.63, 3.8) is 0 Å². The van der Waals surface area contributed by atoms with E-state index < -0.39 is 25.2 Å². The minimum absolute atomic E-state index is 0.0146. The fourth-order valence-corrected chi connectivity index (χ4v) is 3.52. The van der Waals surface area contributed by atoms with Crippen LogP contribution in [0.4, 0.5) is 8.78 Å². The van der Waals surface area contributed by atoms with Crippen LogP contribution in [0.3, 0.4) is 0 Å². The van der Waals surface area contributed by atoms with E-state index >= 15 is 0 Å². The van der Waals surface area contributed by atoms with Gasteiger partial charge in [0.05, 0.1) is 5.54 Å². The van der Waals surface area contributed by atoms with Crippen molar-refractivity contribution in [3.05, 3.63) is 59.2 Å². The van der Waals surface area contributed by atoms with Crippen molar-refractivity contribution in [2.75, 3.05) is 13.2 Å². The Hall–Kier alpha value is -2.82. The van der Waals surface area contributed by atoms with E-state index in [1.54, 1.807) is 12.1 Å². The normalized spacial score (nSPS) is 15.5. The first kappa shape index (κ1) is 21.9. The number of hydrogen-bond donors (Lipinski definition) is 3. The predicted octanol–water partition coefficient (Wildman–Crippen LogP) is 1.22. The van der Waals surface area contributed by atoms with E-state index in [1.807, 2.05) is 0 Å². The highest BCUT2D eigenvalue weighted by molar-refractivity contribution is 6.60. The Morgan fingerprint density at radius 3 is 2.57 bits per heavy atom. The van der Waals surface area contributed by atoms with Crippen molar-refractivity contribution in [3.8, 4) is 5.75 Å². The monoisotopic (exact) mass is 419 g/mol. The Morgan fingerprint density at radius 1 is 1.20 bits per heavy atom. The number of carbonyl (C=O) groups is 2. The summed E-state index contributed by atoms with van der Waals surface area (Å²) < 4.78 is 35.1. The van der Waals surface area contributed by atoms with Crippen molar-refractivity contribution >= 4 is 24.8 Å². The summed E-state index contributed by atoms with van der Waals surface area (Å²) in [6, 6.07) is 10.1. The molecule has 1 heterocycles. The highest BCUT2D eigenvalue weighted by Crippen LogP contribution is 2.34. The molecule has 1 fully saturated rings. The van der Waals surface area contributed by atoms with Gasteiger partial charge in [-0.15, -0.1) is 0 Å². The summed E-state index contributed by atoms with van der Waals surface area (Å²) in [5.41, 5.74) is -0.180. The van der Waals surface area contributed by atoms with Gasteiger partial charge in [0.15, 0.2) is 0 Å². The topological polar surface area (TPSA) is 105 Å². The molecule has 30 heavy (non-hydrogen) atoms. The van der Waals surface area contributed by atoms with E-state index in [0.717, 1.165) is 0 Å². The van der Waals surface area contributed by atoms with Gasteiger partial charge in [0.25, 0.3) is 5.91 Å². The minimum Gasteiger partial charge on any atom is -0.435 e. The van der Waals surface area contributed by atoms with Crippen molar-refractivity contribution in [2.45, 2.75) is 25.0 Å². The largest absolute Gasteiger partial charge is 0.489 e. The van der Waals surface area contributed by atoms with Gasteiger partial charge in [-0.1, -0.05) is 18.2 Å². The number of amides is 1. The zero-order valence-corrected chi connectivity index (χ0v) is 15.9. The third-order valence-electron chi connectivity index (χ3n) is 5.07. The van der Waals surface area contributed by atoms with Gasteiger partial charge in [0, 0.05) is 24.3 Å². The molecule has 3 rings (SSSR count). The zero-order chi connectivity index (χ0) is 21.7. The van der Waals surface area contributed by atoms with Gasteiger partial charge in [-0.3, -0.25) is 9.59 Å². The Kier molecular flexibility index (Phi) is 6.81. The molecule has 0 saturated carbocycles. The van der Waals surface area contributed by atoms with Gasteiger partial charge in [-0.2, -0.15) is 8.78 Å². The number of carbonyl (C=O) groups excluding carboxylic acids is 2. The third kappa shape index (κ3) is 4.84. The molecule has 2 aromatic rings. The summed E-state index contributed by atoms with van der Waals surface area (Å²) in [6.07, 6.45) is 1.25. The second-order valence-corrected chi connectivity index (χ2v) is 6.89. The number of hydrogen-bond acceptors (Lipinski definition) is 6. The molecule has 3 N–H and O–H groups in total. The van der Waals surface area contributed by atoms with Crippen LogP contribution >= 0.6 is 0 Å². The summed E-state index contributed by atoms with van der Waals surface area (Å²) in [6.45, 7) is -2.26. The second kappa shape index (κ2) is 9.33. The Morgan fingerprint density at radius 2 is 1.93 bits per heavy atom. The summed E-state index contributed by atoms with van der Waals surface area (Å²) in [4.78, 5) is 24.2. The van der Waals surface area contributed by atoms with E-state index in [1.165, 1.54) is 30.3 Å². The first-order chi connectivity index (χ1) is 14.3. The lowest BCUT2D eigenvalue weighted by Gasteiger charge is -2.38. The number of rotatable bonds is 7. The van der Waals surface area contributed by atoms with Crippen LogP contribution in [0.25, 0.3) is 0 Å². The fourth-order valence-electron chi connectivity index (χ4n) is 3.52. The summed E-state index contributed by atoms with van der Waals surface area (Å²) in [5, 5.41) is 21.6. The van der Waals surface area contributed by atoms with Gasteiger partial charge in [0.2, 0.25) is 0 Å². The van der Waals surface area contributed by atoms with Crippen molar-refractivity contribution < 1.29 is 37.9 Å². The van der Waals surface area contributed by atoms with Crippen LogP contribution < -0.4 is 15.5 Å². The zero-order valence-electron chi connectivity index (χ0n) is 15.9. The molecular formula is C20H20BF2NO6. The first-order valence-corrected chi connectivity index (χ1v) is 9.25. The maximum atomic E-state index is 13.0. The van der Waals surface area contributed by atoms with E-state index in [4.69, 9.17) is 4.74 Å². The number of aldehydes is 1.